The van der Waals surface area contributed by atoms with E-state index in [1.807, 2.05) is 0 Å². The van der Waals surface area contributed by atoms with Gasteiger partial charge < -0.3 is 5.11 Å². The van der Waals surface area contributed by atoms with E-state index in [1.165, 1.54) is 0 Å². The maximum Gasteiger partial charge on any atom is 0.180 e. The van der Waals surface area contributed by atoms with Crippen LogP contribution in [0.25, 0.3) is 0 Å². The van der Waals surface area contributed by atoms with Crippen LogP contribution < -0.4 is 0 Å². The second-order valence-corrected chi connectivity index (χ2v) is 6.12. The van der Waals surface area contributed by atoms with Crippen molar-refractivity contribution < 1.29 is 9.90 Å². The number of phenols is 1. The van der Waals surface area contributed by atoms with Crippen molar-refractivity contribution >= 4 is 5.78 Å². The summed E-state index contributed by atoms with van der Waals surface area (Å²) >= 11 is 0. The number of aromatic hydroxyl groups is 1. The summed E-state index contributed by atoms with van der Waals surface area (Å²) in [6.07, 6.45) is 1.04. The summed E-state index contributed by atoms with van der Waals surface area (Å²) in [5.74, 6) is 0.779. The highest BCUT2D eigenvalue weighted by molar-refractivity contribution is 6.03. The lowest BCUT2D eigenvalue weighted by atomic mass is 9.58. The van der Waals surface area contributed by atoms with Gasteiger partial charge in [-0.3, -0.25) is 9.69 Å². The molecule has 0 spiro atoms. The maximum absolute atomic E-state index is 12.7. The minimum Gasteiger partial charge on any atom is -0.508 e. The van der Waals surface area contributed by atoms with E-state index < -0.39 is 0 Å². The van der Waals surface area contributed by atoms with Crippen molar-refractivity contribution in [1.29, 1.82) is 0 Å². The zero-order chi connectivity index (χ0) is 13.8. The van der Waals surface area contributed by atoms with Gasteiger partial charge in [0, 0.05) is 5.56 Å². The van der Waals surface area contributed by atoms with E-state index in [2.05, 4.69) is 25.7 Å². The van der Waals surface area contributed by atoms with Gasteiger partial charge >= 0.3 is 0 Å². The monoisotopic (exact) mass is 259 g/mol. The van der Waals surface area contributed by atoms with Gasteiger partial charge in [0.2, 0.25) is 0 Å². The van der Waals surface area contributed by atoms with Crippen LogP contribution in [0.4, 0.5) is 0 Å². The molecule has 19 heavy (non-hydrogen) atoms. The van der Waals surface area contributed by atoms with E-state index >= 15 is 0 Å². The van der Waals surface area contributed by atoms with Gasteiger partial charge in [-0.25, -0.2) is 0 Å². The average Bonchev–Trinajstić information content (AvgIpc) is 2.39. The smallest absolute Gasteiger partial charge is 0.180 e. The first kappa shape index (κ1) is 12.7. The van der Waals surface area contributed by atoms with Crippen molar-refractivity contribution in [3.63, 3.8) is 0 Å². The van der Waals surface area contributed by atoms with Crippen molar-refractivity contribution in [3.05, 3.63) is 29.3 Å². The molecule has 0 saturated carbocycles. The van der Waals surface area contributed by atoms with E-state index in [0.29, 0.717) is 5.92 Å². The first-order chi connectivity index (χ1) is 8.99. The number of likely N-dealkylation sites (N-methyl/N-ethyl adjacent to an activating group) is 1. The van der Waals surface area contributed by atoms with Crippen LogP contribution in [0.1, 0.15) is 43.1 Å². The Hall–Kier alpha value is -1.35. The summed E-state index contributed by atoms with van der Waals surface area (Å²) in [7, 11) is 0. The second kappa shape index (κ2) is 4.07. The number of fused-ring (bicyclic) bond motifs is 4. The lowest BCUT2D eigenvalue weighted by molar-refractivity contribution is 0.0308. The molecule has 0 unspecified atom stereocenters. The maximum atomic E-state index is 12.7. The number of nitrogens with zero attached hydrogens (tertiary/aromatic N) is 1. The minimum atomic E-state index is -0.00167. The number of benzene rings is 1. The summed E-state index contributed by atoms with van der Waals surface area (Å²) < 4.78 is 0. The van der Waals surface area contributed by atoms with E-state index in [0.717, 1.165) is 30.6 Å². The highest BCUT2D eigenvalue weighted by Crippen LogP contribution is 2.49. The van der Waals surface area contributed by atoms with Crippen LogP contribution in [0.5, 0.6) is 5.75 Å². The van der Waals surface area contributed by atoms with E-state index in [4.69, 9.17) is 0 Å². The molecule has 1 aromatic carbocycles. The molecular formula is C16H21NO2. The number of rotatable bonds is 1. The van der Waals surface area contributed by atoms with Gasteiger partial charge in [0.15, 0.2) is 5.78 Å². The number of piperidine rings is 1. The SMILES string of the molecule is CCN1CC[C@@]2(C)c3cc(O)ccc3C(=O)[C@@H]1[C@@H]2C. The Morgan fingerprint density at radius 3 is 2.89 bits per heavy atom. The molecule has 2 aliphatic rings. The van der Waals surface area contributed by atoms with Gasteiger partial charge in [-0.2, -0.15) is 0 Å². The third-order valence-corrected chi connectivity index (χ3v) is 5.35. The number of carbonyl (C=O) groups excluding carboxylic acids is 1. The fraction of sp³-hybridized carbons (Fsp3) is 0.562. The van der Waals surface area contributed by atoms with Crippen LogP contribution in [0.15, 0.2) is 18.2 Å². The predicted molar refractivity (Wildman–Crippen MR) is 74.6 cm³/mol. The molecule has 1 aliphatic carbocycles. The van der Waals surface area contributed by atoms with Crippen LogP contribution in [-0.2, 0) is 5.41 Å². The van der Waals surface area contributed by atoms with Crippen molar-refractivity contribution in [2.24, 2.45) is 5.92 Å². The number of Topliss-reactive ketones (excluding diaryl/α,β-unsaturated/α-hetero) is 1. The van der Waals surface area contributed by atoms with Crippen LogP contribution >= 0.6 is 0 Å². The van der Waals surface area contributed by atoms with Gasteiger partial charge in [0.05, 0.1) is 6.04 Å². The Balaban J connectivity index is 2.21. The Morgan fingerprint density at radius 2 is 2.21 bits per heavy atom. The predicted octanol–water partition coefficient (Wildman–Crippen LogP) is 2.58. The normalized spacial score (nSPS) is 34.2. The molecule has 0 aromatic heterocycles. The number of hydrogen-bond donors (Lipinski definition) is 1. The Kier molecular flexibility index (Phi) is 2.72. The molecule has 0 radical (unpaired) electrons. The fourth-order valence-electron chi connectivity index (χ4n) is 3.91. The third kappa shape index (κ3) is 1.57. The number of carbonyl (C=O) groups is 1. The molecule has 3 nitrogen and oxygen atoms in total. The van der Waals surface area contributed by atoms with Crippen molar-refractivity contribution in [2.75, 3.05) is 13.1 Å². The van der Waals surface area contributed by atoms with Crippen LogP contribution in [-0.4, -0.2) is 34.9 Å². The van der Waals surface area contributed by atoms with Crippen LogP contribution in [0.2, 0.25) is 0 Å². The lowest BCUT2D eigenvalue weighted by Gasteiger charge is -2.53. The summed E-state index contributed by atoms with van der Waals surface area (Å²) in [6, 6.07) is 5.22. The molecule has 1 saturated heterocycles. The standard InChI is InChI=1S/C16H21NO2/c1-4-17-8-7-16(3)10(2)14(17)15(19)12-6-5-11(18)9-13(12)16/h5-6,9-10,14,18H,4,7-8H2,1-3H3/t10-,14-,16+/m0/s1. The zero-order valence-corrected chi connectivity index (χ0v) is 11.8. The summed E-state index contributed by atoms with van der Waals surface area (Å²) in [6.45, 7) is 8.42. The summed E-state index contributed by atoms with van der Waals surface area (Å²) in [5.41, 5.74) is 1.84. The van der Waals surface area contributed by atoms with Crippen molar-refractivity contribution in [3.8, 4) is 5.75 Å². The van der Waals surface area contributed by atoms with Gasteiger partial charge in [0.25, 0.3) is 0 Å². The number of hydrogen-bond acceptors (Lipinski definition) is 3. The highest BCUT2D eigenvalue weighted by atomic mass is 16.3. The quantitative estimate of drug-likeness (QED) is 0.842. The first-order valence-electron chi connectivity index (χ1n) is 7.11. The molecule has 3 atom stereocenters. The summed E-state index contributed by atoms with van der Waals surface area (Å²) in [4.78, 5) is 15.0. The number of phenolic OH excluding ortho intramolecular Hbond substituents is 1. The summed E-state index contributed by atoms with van der Waals surface area (Å²) in [5, 5.41) is 9.75. The van der Waals surface area contributed by atoms with Crippen molar-refractivity contribution in [1.82, 2.24) is 4.90 Å². The molecule has 3 heteroatoms. The molecule has 2 bridgehead atoms. The lowest BCUT2D eigenvalue weighted by Crippen LogP contribution is -2.60. The van der Waals surface area contributed by atoms with Crippen molar-refractivity contribution in [2.45, 2.75) is 38.6 Å². The highest BCUT2D eigenvalue weighted by Gasteiger charge is 2.51. The molecular weight excluding hydrogens is 238 g/mol. The molecule has 0 amide bonds. The van der Waals surface area contributed by atoms with Gasteiger partial charge in [-0.1, -0.05) is 20.8 Å². The molecule has 1 heterocycles. The molecule has 1 fully saturated rings. The zero-order valence-electron chi connectivity index (χ0n) is 11.8. The van der Waals surface area contributed by atoms with Crippen LogP contribution in [0.3, 0.4) is 0 Å². The third-order valence-electron chi connectivity index (χ3n) is 5.35. The van der Waals surface area contributed by atoms with Gasteiger partial charge in [0.1, 0.15) is 5.75 Å². The number of ketones is 1. The Morgan fingerprint density at radius 1 is 1.47 bits per heavy atom. The molecule has 102 valence electrons. The molecule has 1 N–H and O–H groups in total. The van der Waals surface area contributed by atoms with Gasteiger partial charge in [-0.15, -0.1) is 0 Å². The Labute approximate surface area is 114 Å². The van der Waals surface area contributed by atoms with E-state index in [1.54, 1.807) is 18.2 Å². The molecule has 1 aliphatic heterocycles. The number of likely N-dealkylation sites (tertiary alicyclic amines) is 1. The van der Waals surface area contributed by atoms with Crippen LogP contribution in [0, 0.1) is 5.92 Å². The second-order valence-electron chi connectivity index (χ2n) is 6.12. The first-order valence-corrected chi connectivity index (χ1v) is 7.11. The van der Waals surface area contributed by atoms with Gasteiger partial charge in [-0.05, 0) is 54.6 Å². The molecule has 1 aromatic rings. The minimum absolute atomic E-state index is 0.000734. The topological polar surface area (TPSA) is 40.5 Å². The molecule has 3 rings (SSSR count). The largest absolute Gasteiger partial charge is 0.508 e. The fourth-order valence-corrected chi connectivity index (χ4v) is 3.91. The average molecular weight is 259 g/mol. The van der Waals surface area contributed by atoms with E-state index in [9.17, 15) is 9.90 Å². The van der Waals surface area contributed by atoms with E-state index in [-0.39, 0.29) is 23.0 Å². The Bertz CT molecular complexity index is 540.